The van der Waals surface area contributed by atoms with E-state index < -0.39 is 17.7 Å². The summed E-state index contributed by atoms with van der Waals surface area (Å²) < 4.78 is 5.67. The molecule has 1 aliphatic carbocycles. The predicted molar refractivity (Wildman–Crippen MR) is 120 cm³/mol. The molecule has 1 atom stereocenters. The molecule has 1 aliphatic heterocycles. The highest BCUT2D eigenvalue weighted by Gasteiger charge is 2.49. The minimum absolute atomic E-state index is 0.0223. The zero-order chi connectivity index (χ0) is 22.1. The van der Waals surface area contributed by atoms with Crippen LogP contribution in [0.3, 0.4) is 0 Å². The molecule has 5 nitrogen and oxygen atoms in total. The summed E-state index contributed by atoms with van der Waals surface area (Å²) in [5.41, 5.74) is 2.57. The summed E-state index contributed by atoms with van der Waals surface area (Å²) in [7, 11) is 0. The van der Waals surface area contributed by atoms with Crippen molar-refractivity contribution >= 4 is 17.4 Å². The summed E-state index contributed by atoms with van der Waals surface area (Å²) in [6, 6.07) is 14.3. The predicted octanol–water partition coefficient (Wildman–Crippen LogP) is 5.15. The van der Waals surface area contributed by atoms with E-state index in [4.69, 9.17) is 4.74 Å². The first kappa shape index (κ1) is 21.2. The number of carbonyl (C=O) groups is 2. The average Bonchev–Trinajstić information content (AvgIpc) is 3.35. The summed E-state index contributed by atoms with van der Waals surface area (Å²) in [5, 5.41) is 11.2. The fraction of sp³-hybridized carbons (Fsp3) is 0.385. The maximum absolute atomic E-state index is 13.1. The number of hydrogen-bond acceptors (Lipinski definition) is 4. The molecule has 162 valence electrons. The zero-order valence-corrected chi connectivity index (χ0v) is 18.3. The van der Waals surface area contributed by atoms with E-state index >= 15 is 0 Å². The van der Waals surface area contributed by atoms with E-state index in [9.17, 15) is 14.7 Å². The molecule has 1 saturated heterocycles. The number of ketones is 1. The molecule has 4 rings (SSSR count). The van der Waals surface area contributed by atoms with E-state index in [1.165, 1.54) is 0 Å². The summed E-state index contributed by atoms with van der Waals surface area (Å²) >= 11 is 0. The van der Waals surface area contributed by atoms with E-state index in [0.29, 0.717) is 11.3 Å². The van der Waals surface area contributed by atoms with Crippen LogP contribution in [0.2, 0.25) is 0 Å². The van der Waals surface area contributed by atoms with Gasteiger partial charge < -0.3 is 14.7 Å². The molecule has 1 N–H and O–H groups in total. The van der Waals surface area contributed by atoms with Crippen LogP contribution in [0.15, 0.2) is 54.1 Å². The second-order valence-corrected chi connectivity index (χ2v) is 8.75. The molecule has 2 aromatic carbocycles. The molecule has 1 heterocycles. The number of benzene rings is 2. The van der Waals surface area contributed by atoms with Crippen molar-refractivity contribution in [2.75, 3.05) is 0 Å². The van der Waals surface area contributed by atoms with Gasteiger partial charge in [-0.05, 0) is 63.4 Å². The lowest BCUT2D eigenvalue weighted by Gasteiger charge is -2.31. The number of likely N-dealkylation sites (tertiary alicyclic amines) is 1. The van der Waals surface area contributed by atoms with Gasteiger partial charge in [0.25, 0.3) is 11.7 Å². The van der Waals surface area contributed by atoms with Gasteiger partial charge in [0.1, 0.15) is 11.5 Å². The number of aryl methyl sites for hydroxylation is 1. The Morgan fingerprint density at radius 3 is 2.35 bits per heavy atom. The van der Waals surface area contributed by atoms with Gasteiger partial charge in [-0.25, -0.2) is 0 Å². The van der Waals surface area contributed by atoms with Crippen molar-refractivity contribution in [1.29, 1.82) is 0 Å². The number of hydrogen-bond donors (Lipinski definition) is 1. The Balaban J connectivity index is 1.81. The van der Waals surface area contributed by atoms with Gasteiger partial charge in [-0.2, -0.15) is 0 Å². The topological polar surface area (TPSA) is 66.8 Å². The normalized spacial score (nSPS) is 21.3. The summed E-state index contributed by atoms with van der Waals surface area (Å²) in [4.78, 5) is 27.9. The maximum atomic E-state index is 13.1. The molecule has 0 bridgehead atoms. The smallest absolute Gasteiger partial charge is 0.295 e. The van der Waals surface area contributed by atoms with Gasteiger partial charge in [0.05, 0.1) is 17.7 Å². The average molecular weight is 420 g/mol. The number of aliphatic hydroxyl groups is 1. The van der Waals surface area contributed by atoms with E-state index in [0.717, 1.165) is 36.8 Å². The van der Waals surface area contributed by atoms with Crippen LogP contribution in [0.25, 0.3) is 5.76 Å². The van der Waals surface area contributed by atoms with Crippen molar-refractivity contribution in [1.82, 2.24) is 4.90 Å². The highest BCUT2D eigenvalue weighted by molar-refractivity contribution is 6.46. The van der Waals surface area contributed by atoms with Crippen LogP contribution in [0.4, 0.5) is 0 Å². The molecule has 0 spiro atoms. The van der Waals surface area contributed by atoms with Crippen LogP contribution in [-0.2, 0) is 9.59 Å². The molecule has 1 amide bonds. The number of nitrogens with zero attached hydrogens (tertiary/aromatic N) is 1. The van der Waals surface area contributed by atoms with Crippen LogP contribution < -0.4 is 4.74 Å². The molecule has 2 aromatic rings. The number of aliphatic hydroxyl groups excluding tert-OH is 1. The van der Waals surface area contributed by atoms with Crippen LogP contribution in [0.1, 0.15) is 62.3 Å². The Morgan fingerprint density at radius 2 is 1.74 bits per heavy atom. The minimum atomic E-state index is -0.613. The summed E-state index contributed by atoms with van der Waals surface area (Å²) in [6.07, 6.45) is 3.90. The van der Waals surface area contributed by atoms with Gasteiger partial charge >= 0.3 is 0 Å². The van der Waals surface area contributed by atoms with Crippen molar-refractivity contribution in [3.8, 4) is 5.75 Å². The fourth-order valence-electron chi connectivity index (χ4n) is 4.70. The van der Waals surface area contributed by atoms with Crippen molar-refractivity contribution < 1.29 is 19.4 Å². The number of carbonyl (C=O) groups excluding carboxylic acids is 2. The molecule has 0 radical (unpaired) electrons. The Labute approximate surface area is 183 Å². The van der Waals surface area contributed by atoms with Crippen molar-refractivity contribution in [3.63, 3.8) is 0 Å². The lowest BCUT2D eigenvalue weighted by molar-refractivity contribution is -0.141. The third-order valence-corrected chi connectivity index (χ3v) is 6.06. The van der Waals surface area contributed by atoms with Crippen LogP contribution in [0, 0.1) is 6.92 Å². The molecular formula is C26H29NO4. The van der Waals surface area contributed by atoms with Gasteiger partial charge in [0, 0.05) is 11.6 Å². The number of ether oxygens (including phenoxy) is 1. The molecule has 5 heteroatoms. The molecule has 31 heavy (non-hydrogen) atoms. The maximum Gasteiger partial charge on any atom is 0.295 e. The first-order valence-corrected chi connectivity index (χ1v) is 11.0. The fourth-order valence-corrected chi connectivity index (χ4v) is 4.70. The Kier molecular flexibility index (Phi) is 5.86. The second-order valence-electron chi connectivity index (χ2n) is 8.75. The van der Waals surface area contributed by atoms with Crippen molar-refractivity contribution in [3.05, 3.63) is 70.8 Å². The largest absolute Gasteiger partial charge is 0.507 e. The summed E-state index contributed by atoms with van der Waals surface area (Å²) in [6.45, 7) is 5.87. The van der Waals surface area contributed by atoms with Crippen LogP contribution in [0.5, 0.6) is 5.75 Å². The third kappa shape index (κ3) is 4.09. The lowest BCUT2D eigenvalue weighted by atomic mass is 9.94. The SMILES string of the molecule is Cc1cccc(C2/C(=C(/O)c3ccc(OC(C)C)cc3)C(=O)C(=O)N2C2CCCC2)c1. The van der Waals surface area contributed by atoms with Crippen LogP contribution in [-0.4, -0.2) is 33.8 Å². The molecule has 1 saturated carbocycles. The molecule has 2 aliphatic rings. The van der Waals surface area contributed by atoms with Crippen molar-refractivity contribution in [2.24, 2.45) is 0 Å². The van der Waals surface area contributed by atoms with E-state index in [2.05, 4.69) is 0 Å². The molecule has 2 fully saturated rings. The number of amides is 1. The standard InChI is InChI=1S/C26H29NO4/c1-16(2)31-21-13-11-18(12-14-21)24(28)22-23(19-8-6-7-17(3)15-19)27(26(30)25(22)29)20-9-4-5-10-20/h6-8,11-16,20,23,28H,4-5,9-10H2,1-3H3/b24-22-. The Morgan fingerprint density at radius 1 is 1.06 bits per heavy atom. The van der Waals surface area contributed by atoms with E-state index in [1.807, 2.05) is 45.0 Å². The lowest BCUT2D eigenvalue weighted by Crippen LogP contribution is -2.37. The van der Waals surface area contributed by atoms with Gasteiger partial charge in [-0.1, -0.05) is 42.7 Å². The second kappa shape index (κ2) is 8.58. The Hall–Kier alpha value is -3.08. The highest BCUT2D eigenvalue weighted by Crippen LogP contribution is 2.43. The van der Waals surface area contributed by atoms with Crippen LogP contribution >= 0.6 is 0 Å². The first-order chi connectivity index (χ1) is 14.9. The summed E-state index contributed by atoms with van der Waals surface area (Å²) in [5.74, 6) is -0.576. The zero-order valence-electron chi connectivity index (χ0n) is 18.3. The highest BCUT2D eigenvalue weighted by atomic mass is 16.5. The van der Waals surface area contributed by atoms with Gasteiger partial charge in [0.15, 0.2) is 0 Å². The van der Waals surface area contributed by atoms with E-state index in [1.54, 1.807) is 29.2 Å². The van der Waals surface area contributed by atoms with Gasteiger partial charge in [0.2, 0.25) is 0 Å². The van der Waals surface area contributed by atoms with Crippen molar-refractivity contribution in [2.45, 2.75) is 64.6 Å². The molecular weight excluding hydrogens is 390 g/mol. The molecule has 1 unspecified atom stereocenters. The van der Waals surface area contributed by atoms with Gasteiger partial charge in [-0.3, -0.25) is 9.59 Å². The number of Topliss-reactive ketones (excluding diaryl/α,β-unsaturated/α-hetero) is 1. The number of rotatable bonds is 5. The monoisotopic (exact) mass is 419 g/mol. The quantitative estimate of drug-likeness (QED) is 0.414. The molecule has 0 aromatic heterocycles. The third-order valence-electron chi connectivity index (χ3n) is 6.06. The Bertz CT molecular complexity index is 1020. The minimum Gasteiger partial charge on any atom is -0.507 e. The van der Waals surface area contributed by atoms with E-state index in [-0.39, 0.29) is 23.5 Å². The van der Waals surface area contributed by atoms with Gasteiger partial charge in [-0.15, -0.1) is 0 Å². The first-order valence-electron chi connectivity index (χ1n) is 11.0.